The Morgan fingerprint density at radius 3 is 2.61 bits per heavy atom. The minimum absolute atomic E-state index is 0.00833. The molecule has 0 spiro atoms. The summed E-state index contributed by atoms with van der Waals surface area (Å²) in [6.07, 6.45) is 10.7. The summed E-state index contributed by atoms with van der Waals surface area (Å²) in [5.41, 5.74) is 1.20. The number of ether oxygens (including phenoxy) is 2. The molecule has 0 aromatic heterocycles. The van der Waals surface area contributed by atoms with Gasteiger partial charge in [-0.25, -0.2) is 4.79 Å². The van der Waals surface area contributed by atoms with Crippen LogP contribution in [-0.4, -0.2) is 64.0 Å². The standard InChI is InChI=1S/C27H45N3O3/c1-28-20-25(19-22-11-5-3-6-12-22)29-27(31)30-16-9-15-24(21-30)26(33-18-10-17-32-2)23-13-7-4-8-14-23/h4,7-8,13-14,22,24-26,28H,3,5-6,9-12,15-21H2,1-2H3,(H,29,31)/t24-,25+,26?/m1/s1. The van der Waals surface area contributed by atoms with E-state index in [9.17, 15) is 4.79 Å². The summed E-state index contributed by atoms with van der Waals surface area (Å²) >= 11 is 0. The van der Waals surface area contributed by atoms with Gasteiger partial charge in [0.15, 0.2) is 0 Å². The number of methoxy groups -OCH3 is 1. The molecule has 1 saturated heterocycles. The number of likely N-dealkylation sites (N-methyl/N-ethyl adjacent to an activating group) is 1. The van der Waals surface area contributed by atoms with Crippen LogP contribution in [0.25, 0.3) is 0 Å². The van der Waals surface area contributed by atoms with Gasteiger partial charge >= 0.3 is 6.03 Å². The molecule has 2 aliphatic rings. The number of carbonyl (C=O) groups is 1. The zero-order valence-corrected chi connectivity index (χ0v) is 20.8. The molecule has 186 valence electrons. The first-order valence-corrected chi connectivity index (χ1v) is 13.1. The number of nitrogens with one attached hydrogen (secondary N) is 2. The van der Waals surface area contributed by atoms with Gasteiger partial charge in [-0.3, -0.25) is 0 Å². The number of hydrogen-bond donors (Lipinski definition) is 2. The molecule has 2 N–H and O–H groups in total. The van der Waals surface area contributed by atoms with E-state index in [0.717, 1.165) is 51.2 Å². The molecule has 1 saturated carbocycles. The van der Waals surface area contributed by atoms with E-state index in [-0.39, 0.29) is 18.2 Å². The first kappa shape index (κ1) is 26.0. The highest BCUT2D eigenvalue weighted by Gasteiger charge is 2.32. The van der Waals surface area contributed by atoms with Crippen LogP contribution < -0.4 is 10.6 Å². The molecule has 1 unspecified atom stereocenters. The quantitative estimate of drug-likeness (QED) is 0.442. The highest BCUT2D eigenvalue weighted by atomic mass is 16.5. The summed E-state index contributed by atoms with van der Waals surface area (Å²) in [7, 11) is 3.70. The Balaban J connectivity index is 1.59. The average Bonchev–Trinajstić information content (AvgIpc) is 2.85. The Hall–Kier alpha value is -1.63. The van der Waals surface area contributed by atoms with E-state index in [2.05, 4.69) is 34.9 Å². The van der Waals surface area contributed by atoms with Gasteiger partial charge in [0.2, 0.25) is 0 Å². The summed E-state index contributed by atoms with van der Waals surface area (Å²) in [6, 6.07) is 10.8. The number of likely N-dealkylation sites (tertiary alicyclic amines) is 1. The number of piperidine rings is 1. The number of benzene rings is 1. The number of nitrogens with zero attached hydrogens (tertiary/aromatic N) is 1. The fourth-order valence-corrected chi connectivity index (χ4v) is 5.53. The Morgan fingerprint density at radius 2 is 1.88 bits per heavy atom. The molecule has 3 atom stereocenters. The van der Waals surface area contributed by atoms with Crippen LogP contribution in [0.3, 0.4) is 0 Å². The Kier molecular flexibility index (Phi) is 11.5. The Morgan fingerprint density at radius 1 is 1.09 bits per heavy atom. The van der Waals surface area contributed by atoms with E-state index in [4.69, 9.17) is 9.47 Å². The summed E-state index contributed by atoms with van der Waals surface area (Å²) in [6.45, 7) is 3.76. The summed E-state index contributed by atoms with van der Waals surface area (Å²) < 4.78 is 11.6. The van der Waals surface area contributed by atoms with Gasteiger partial charge in [0.25, 0.3) is 0 Å². The van der Waals surface area contributed by atoms with Crippen molar-refractivity contribution >= 4 is 6.03 Å². The summed E-state index contributed by atoms with van der Waals surface area (Å²) in [5, 5.41) is 6.65. The van der Waals surface area contributed by atoms with Gasteiger partial charge in [-0.2, -0.15) is 0 Å². The minimum Gasteiger partial charge on any atom is -0.385 e. The van der Waals surface area contributed by atoms with E-state index in [1.807, 2.05) is 18.0 Å². The molecular formula is C27H45N3O3. The van der Waals surface area contributed by atoms with Crippen LogP contribution in [-0.2, 0) is 9.47 Å². The maximum atomic E-state index is 13.3. The van der Waals surface area contributed by atoms with Crippen LogP contribution >= 0.6 is 0 Å². The number of urea groups is 1. The molecule has 2 amide bonds. The third kappa shape index (κ3) is 8.58. The minimum atomic E-state index is 0.00833. The van der Waals surface area contributed by atoms with Crippen LogP contribution in [0.1, 0.15) is 69.5 Å². The lowest BCUT2D eigenvalue weighted by Gasteiger charge is -2.38. The van der Waals surface area contributed by atoms with E-state index in [1.54, 1.807) is 7.11 Å². The van der Waals surface area contributed by atoms with Gasteiger partial charge in [-0.05, 0) is 44.2 Å². The van der Waals surface area contributed by atoms with Crippen molar-refractivity contribution in [3.63, 3.8) is 0 Å². The molecule has 6 heteroatoms. The van der Waals surface area contributed by atoms with Gasteiger partial charge in [0.05, 0.1) is 6.10 Å². The first-order valence-electron chi connectivity index (χ1n) is 13.1. The first-order chi connectivity index (χ1) is 16.2. The number of rotatable bonds is 12. The maximum Gasteiger partial charge on any atom is 0.317 e. The third-order valence-corrected chi connectivity index (χ3v) is 7.21. The average molecular weight is 460 g/mol. The zero-order valence-electron chi connectivity index (χ0n) is 20.8. The van der Waals surface area contributed by atoms with Crippen molar-refractivity contribution in [2.24, 2.45) is 11.8 Å². The molecule has 0 radical (unpaired) electrons. The van der Waals surface area contributed by atoms with Crippen molar-refractivity contribution in [3.05, 3.63) is 35.9 Å². The van der Waals surface area contributed by atoms with Gasteiger partial charge in [0.1, 0.15) is 0 Å². The van der Waals surface area contributed by atoms with E-state index >= 15 is 0 Å². The highest BCUT2D eigenvalue weighted by molar-refractivity contribution is 5.74. The largest absolute Gasteiger partial charge is 0.385 e. The topological polar surface area (TPSA) is 62.8 Å². The van der Waals surface area contributed by atoms with E-state index < -0.39 is 0 Å². The second kappa shape index (κ2) is 14.6. The van der Waals surface area contributed by atoms with Crippen LogP contribution in [0.15, 0.2) is 30.3 Å². The smallest absolute Gasteiger partial charge is 0.317 e. The summed E-state index contributed by atoms with van der Waals surface area (Å²) in [4.78, 5) is 15.3. The van der Waals surface area contributed by atoms with Gasteiger partial charge in [-0.1, -0.05) is 62.4 Å². The van der Waals surface area contributed by atoms with Crippen molar-refractivity contribution in [3.8, 4) is 0 Å². The molecule has 1 aliphatic heterocycles. The number of carbonyl (C=O) groups excluding carboxylic acids is 1. The van der Waals surface area contributed by atoms with Crippen molar-refractivity contribution in [2.45, 2.75) is 69.9 Å². The predicted octanol–water partition coefficient (Wildman–Crippen LogP) is 4.76. The SMILES string of the molecule is CNC[C@H](CC1CCCCC1)NC(=O)N1CCC[C@@H](C(OCCCOC)c2ccccc2)C1. The molecule has 1 aromatic carbocycles. The molecule has 2 fully saturated rings. The Labute approximate surface area is 200 Å². The van der Waals surface area contributed by atoms with Crippen molar-refractivity contribution < 1.29 is 14.3 Å². The monoisotopic (exact) mass is 459 g/mol. The van der Waals surface area contributed by atoms with Crippen LogP contribution in [0.4, 0.5) is 4.79 Å². The fraction of sp³-hybridized carbons (Fsp3) is 0.741. The second-order valence-electron chi connectivity index (χ2n) is 9.84. The predicted molar refractivity (Wildman–Crippen MR) is 133 cm³/mol. The van der Waals surface area contributed by atoms with E-state index in [1.165, 1.54) is 37.7 Å². The maximum absolute atomic E-state index is 13.3. The number of amides is 2. The van der Waals surface area contributed by atoms with Crippen molar-refractivity contribution in [1.29, 1.82) is 0 Å². The lowest BCUT2D eigenvalue weighted by atomic mass is 9.85. The van der Waals surface area contributed by atoms with Crippen LogP contribution in [0.5, 0.6) is 0 Å². The van der Waals surface area contributed by atoms with Gasteiger partial charge < -0.3 is 25.0 Å². The summed E-state index contributed by atoms with van der Waals surface area (Å²) in [5.74, 6) is 1.05. The lowest BCUT2D eigenvalue weighted by Crippen LogP contribution is -2.52. The molecule has 0 bridgehead atoms. The molecule has 33 heavy (non-hydrogen) atoms. The Bertz CT molecular complexity index is 666. The lowest BCUT2D eigenvalue weighted by molar-refractivity contribution is -0.0168. The molecular weight excluding hydrogens is 414 g/mol. The normalized spacial score (nSPS) is 21.5. The fourth-order valence-electron chi connectivity index (χ4n) is 5.53. The third-order valence-electron chi connectivity index (χ3n) is 7.21. The van der Waals surface area contributed by atoms with E-state index in [0.29, 0.717) is 19.1 Å². The molecule has 1 heterocycles. The molecule has 3 rings (SSSR count). The van der Waals surface area contributed by atoms with Gasteiger partial charge in [-0.15, -0.1) is 0 Å². The van der Waals surface area contributed by atoms with Crippen molar-refractivity contribution in [2.75, 3.05) is 47.0 Å². The number of hydrogen-bond acceptors (Lipinski definition) is 4. The highest BCUT2D eigenvalue weighted by Crippen LogP contribution is 2.33. The second-order valence-corrected chi connectivity index (χ2v) is 9.84. The zero-order chi connectivity index (χ0) is 23.3. The van der Waals surface area contributed by atoms with Gasteiger partial charge in [0, 0.05) is 51.9 Å². The molecule has 6 nitrogen and oxygen atoms in total. The van der Waals surface area contributed by atoms with Crippen LogP contribution in [0.2, 0.25) is 0 Å². The molecule has 1 aromatic rings. The molecule has 1 aliphatic carbocycles. The van der Waals surface area contributed by atoms with Crippen LogP contribution in [0, 0.1) is 11.8 Å². The van der Waals surface area contributed by atoms with Crippen molar-refractivity contribution in [1.82, 2.24) is 15.5 Å².